The van der Waals surface area contributed by atoms with Crippen molar-refractivity contribution in [3.8, 4) is 0 Å². The summed E-state index contributed by atoms with van der Waals surface area (Å²) in [5, 5.41) is 3.85. The second-order valence-electron chi connectivity index (χ2n) is 2.83. The number of hydroxylamine groups is 1. The minimum absolute atomic E-state index is 0.0271. The van der Waals surface area contributed by atoms with Gasteiger partial charge in [0.05, 0.1) is 7.11 Å². The Morgan fingerprint density at radius 1 is 1.67 bits per heavy atom. The van der Waals surface area contributed by atoms with Crippen molar-refractivity contribution >= 4 is 15.8 Å². The first kappa shape index (κ1) is 12.0. The Labute approximate surface area is 88.4 Å². The van der Waals surface area contributed by atoms with Crippen LogP contribution >= 0.6 is 0 Å². The van der Waals surface area contributed by atoms with E-state index in [1.807, 2.05) is 6.92 Å². The number of rotatable bonds is 4. The summed E-state index contributed by atoms with van der Waals surface area (Å²) in [5.74, 6) is -0.0271. The van der Waals surface area contributed by atoms with Gasteiger partial charge in [-0.3, -0.25) is 9.52 Å². The molecule has 86 valence electrons. The Hall–Kier alpha value is -1.12. The molecular formula is C7H14N4O3S. The Morgan fingerprint density at radius 2 is 2.27 bits per heavy atom. The van der Waals surface area contributed by atoms with Crippen LogP contribution in [0.15, 0.2) is 11.1 Å². The lowest BCUT2D eigenvalue weighted by atomic mass is 10.6. The Balaban J connectivity index is 3.21. The van der Waals surface area contributed by atoms with Crippen molar-refractivity contribution in [2.24, 2.45) is 0 Å². The summed E-state index contributed by atoms with van der Waals surface area (Å²) in [5.41, 5.74) is 5.50. The van der Waals surface area contributed by atoms with Crippen molar-refractivity contribution < 1.29 is 13.3 Å². The number of anilines is 1. The van der Waals surface area contributed by atoms with Crippen LogP contribution in [0.2, 0.25) is 0 Å². The van der Waals surface area contributed by atoms with E-state index in [4.69, 9.17) is 5.73 Å². The number of nitrogen functional groups attached to an aromatic ring is 1. The van der Waals surface area contributed by atoms with Gasteiger partial charge in [-0.2, -0.15) is 5.10 Å². The number of sulfonamides is 1. The smallest absolute Gasteiger partial charge is 0.269 e. The fourth-order valence-corrected chi connectivity index (χ4v) is 2.05. The number of nitrogens with zero attached hydrogens (tertiary/aromatic N) is 3. The highest BCUT2D eigenvalue weighted by Crippen LogP contribution is 2.19. The van der Waals surface area contributed by atoms with Gasteiger partial charge in [-0.15, -0.1) is 0 Å². The van der Waals surface area contributed by atoms with Crippen LogP contribution in [0.25, 0.3) is 0 Å². The average molecular weight is 234 g/mol. The minimum Gasteiger partial charge on any atom is -0.381 e. The quantitative estimate of drug-likeness (QED) is 0.720. The molecule has 0 fully saturated rings. The van der Waals surface area contributed by atoms with Gasteiger partial charge in [0.1, 0.15) is 4.90 Å². The summed E-state index contributed by atoms with van der Waals surface area (Å²) in [7, 11) is -1.15. The molecule has 1 heterocycles. The highest BCUT2D eigenvalue weighted by atomic mass is 32.2. The van der Waals surface area contributed by atoms with Gasteiger partial charge in [0.2, 0.25) is 0 Å². The van der Waals surface area contributed by atoms with E-state index in [9.17, 15) is 8.42 Å². The SMILES string of the molecule is CCn1cc(S(=O)(=O)N(C)OC)c(N)n1. The highest BCUT2D eigenvalue weighted by Gasteiger charge is 2.26. The van der Waals surface area contributed by atoms with Gasteiger partial charge in [0.25, 0.3) is 10.0 Å². The summed E-state index contributed by atoms with van der Waals surface area (Å²) in [4.78, 5) is 4.57. The highest BCUT2D eigenvalue weighted by molar-refractivity contribution is 7.89. The van der Waals surface area contributed by atoms with Crippen LogP contribution in [0.5, 0.6) is 0 Å². The average Bonchev–Trinajstić information content (AvgIpc) is 2.58. The Kier molecular flexibility index (Phi) is 3.32. The van der Waals surface area contributed by atoms with Crippen molar-refractivity contribution in [1.82, 2.24) is 14.2 Å². The van der Waals surface area contributed by atoms with Crippen LogP contribution < -0.4 is 5.73 Å². The fourth-order valence-electron chi connectivity index (χ4n) is 1.02. The Bertz CT molecular complexity index is 439. The van der Waals surface area contributed by atoms with Gasteiger partial charge in [-0.05, 0) is 6.92 Å². The molecule has 8 heteroatoms. The van der Waals surface area contributed by atoms with E-state index in [0.29, 0.717) is 6.54 Å². The lowest BCUT2D eigenvalue weighted by molar-refractivity contribution is -0.0258. The van der Waals surface area contributed by atoms with Gasteiger partial charge in [-0.1, -0.05) is 4.47 Å². The van der Waals surface area contributed by atoms with E-state index in [2.05, 4.69) is 9.94 Å². The standard InChI is InChI=1S/C7H14N4O3S/c1-4-11-5-6(7(8)9-11)15(12,13)10(2)14-3/h5H,4H2,1-3H3,(H2,8,9). The summed E-state index contributed by atoms with van der Waals surface area (Å²) in [6, 6.07) is 0. The molecule has 2 N–H and O–H groups in total. The minimum atomic E-state index is -3.71. The molecule has 0 saturated heterocycles. The van der Waals surface area contributed by atoms with Crippen LogP contribution in [0.1, 0.15) is 6.92 Å². The first-order valence-corrected chi connectivity index (χ1v) is 5.73. The van der Waals surface area contributed by atoms with E-state index in [0.717, 1.165) is 4.47 Å². The van der Waals surface area contributed by atoms with Crippen LogP contribution in [0.3, 0.4) is 0 Å². The second-order valence-corrected chi connectivity index (χ2v) is 4.74. The van der Waals surface area contributed by atoms with Crippen molar-refractivity contribution in [3.05, 3.63) is 6.20 Å². The monoisotopic (exact) mass is 234 g/mol. The van der Waals surface area contributed by atoms with Crippen LogP contribution in [0.4, 0.5) is 5.82 Å². The first-order chi connectivity index (χ1) is 6.93. The van der Waals surface area contributed by atoms with Crippen LogP contribution in [0, 0.1) is 0 Å². The molecule has 1 aromatic heterocycles. The molecule has 7 nitrogen and oxygen atoms in total. The molecule has 0 unspecified atom stereocenters. The third kappa shape index (κ3) is 2.11. The van der Waals surface area contributed by atoms with Crippen molar-refractivity contribution in [2.45, 2.75) is 18.4 Å². The van der Waals surface area contributed by atoms with Crippen molar-refractivity contribution in [3.63, 3.8) is 0 Å². The van der Waals surface area contributed by atoms with E-state index >= 15 is 0 Å². The maximum atomic E-state index is 11.8. The maximum absolute atomic E-state index is 11.8. The molecule has 0 spiro atoms. The molecular weight excluding hydrogens is 220 g/mol. The zero-order chi connectivity index (χ0) is 11.6. The third-order valence-electron chi connectivity index (χ3n) is 1.95. The summed E-state index contributed by atoms with van der Waals surface area (Å²) < 4.78 is 25.7. The van der Waals surface area contributed by atoms with E-state index in [1.54, 1.807) is 0 Å². The topological polar surface area (TPSA) is 90.5 Å². The largest absolute Gasteiger partial charge is 0.381 e. The maximum Gasteiger partial charge on any atom is 0.269 e. The molecule has 1 aromatic rings. The van der Waals surface area contributed by atoms with Gasteiger partial charge in [-0.25, -0.2) is 8.42 Å². The van der Waals surface area contributed by atoms with Crippen LogP contribution in [-0.2, 0) is 21.4 Å². The lowest BCUT2D eigenvalue weighted by Crippen LogP contribution is -2.26. The molecule has 0 saturated carbocycles. The lowest BCUT2D eigenvalue weighted by Gasteiger charge is -2.12. The molecule has 0 aliphatic rings. The zero-order valence-electron chi connectivity index (χ0n) is 8.84. The molecule has 0 bridgehead atoms. The zero-order valence-corrected chi connectivity index (χ0v) is 9.65. The van der Waals surface area contributed by atoms with E-state index < -0.39 is 10.0 Å². The number of aryl methyl sites for hydroxylation is 1. The second kappa shape index (κ2) is 4.17. The van der Waals surface area contributed by atoms with Crippen molar-refractivity contribution in [2.75, 3.05) is 19.9 Å². The van der Waals surface area contributed by atoms with Gasteiger partial charge in [0.15, 0.2) is 5.82 Å². The first-order valence-electron chi connectivity index (χ1n) is 4.29. The van der Waals surface area contributed by atoms with Gasteiger partial charge in [0, 0.05) is 19.8 Å². The predicted molar refractivity (Wildman–Crippen MR) is 54.3 cm³/mol. The Morgan fingerprint density at radius 3 is 2.67 bits per heavy atom. The summed E-state index contributed by atoms with van der Waals surface area (Å²) >= 11 is 0. The summed E-state index contributed by atoms with van der Waals surface area (Å²) in [6.45, 7) is 2.39. The number of hydrogen-bond donors (Lipinski definition) is 1. The molecule has 1 rings (SSSR count). The normalized spacial score (nSPS) is 12.3. The number of hydrogen-bond acceptors (Lipinski definition) is 5. The molecule has 0 atom stereocenters. The fraction of sp³-hybridized carbons (Fsp3) is 0.571. The molecule has 0 aliphatic carbocycles. The van der Waals surface area contributed by atoms with Crippen LogP contribution in [-0.4, -0.2) is 36.8 Å². The summed E-state index contributed by atoms with van der Waals surface area (Å²) in [6.07, 6.45) is 1.38. The van der Waals surface area contributed by atoms with Gasteiger partial charge < -0.3 is 5.73 Å². The van der Waals surface area contributed by atoms with E-state index in [1.165, 1.54) is 25.0 Å². The van der Waals surface area contributed by atoms with Gasteiger partial charge >= 0.3 is 0 Å². The predicted octanol–water partition coefficient (Wildman–Crippen LogP) is -0.333. The number of aromatic nitrogens is 2. The molecule has 0 aliphatic heterocycles. The van der Waals surface area contributed by atoms with E-state index in [-0.39, 0.29) is 10.7 Å². The third-order valence-corrected chi connectivity index (χ3v) is 3.65. The van der Waals surface area contributed by atoms with Crippen molar-refractivity contribution in [1.29, 1.82) is 0 Å². The molecule has 0 radical (unpaired) electrons. The number of nitrogens with two attached hydrogens (primary N) is 1. The molecule has 15 heavy (non-hydrogen) atoms. The molecule has 0 aromatic carbocycles. The molecule has 0 amide bonds.